The molecular formula is C9H13N5O4. The van der Waals surface area contributed by atoms with Gasteiger partial charge < -0.3 is 15.2 Å². The van der Waals surface area contributed by atoms with Crippen LogP contribution in [0.3, 0.4) is 0 Å². The number of carbonyl (C=O) groups excluding carboxylic acids is 1. The van der Waals surface area contributed by atoms with Crippen molar-refractivity contribution in [3.05, 3.63) is 6.33 Å². The minimum Gasteiger partial charge on any atom is -0.481 e. The zero-order chi connectivity index (χ0) is 13.2. The van der Waals surface area contributed by atoms with Gasteiger partial charge in [-0.05, 0) is 17.4 Å². The van der Waals surface area contributed by atoms with Gasteiger partial charge in [-0.25, -0.2) is 4.68 Å². The average Bonchev–Trinajstić information content (AvgIpc) is 2.90. The van der Waals surface area contributed by atoms with Gasteiger partial charge in [0, 0.05) is 0 Å². The van der Waals surface area contributed by atoms with E-state index in [-0.39, 0.29) is 25.7 Å². The molecule has 1 fully saturated rings. The van der Waals surface area contributed by atoms with E-state index >= 15 is 0 Å². The third-order valence-electron chi connectivity index (χ3n) is 2.98. The first kappa shape index (κ1) is 12.4. The minimum absolute atomic E-state index is 0.0564. The first-order valence-electron chi connectivity index (χ1n) is 5.33. The molecule has 2 atom stereocenters. The normalized spacial score (nSPS) is 27.1. The summed E-state index contributed by atoms with van der Waals surface area (Å²) in [5, 5.41) is 22.1. The third kappa shape index (κ3) is 2.30. The van der Waals surface area contributed by atoms with Crippen LogP contribution in [0.25, 0.3) is 0 Å². The Hall–Kier alpha value is -2.03. The summed E-state index contributed by atoms with van der Waals surface area (Å²) in [6.07, 6.45) is 1.31. The van der Waals surface area contributed by atoms with E-state index in [0.29, 0.717) is 0 Å². The van der Waals surface area contributed by atoms with E-state index in [4.69, 9.17) is 9.84 Å². The summed E-state index contributed by atoms with van der Waals surface area (Å²) in [4.78, 5) is 22.9. The lowest BCUT2D eigenvalue weighted by Crippen LogP contribution is -2.50. The molecule has 2 heterocycles. The average molecular weight is 255 g/mol. The molecule has 0 saturated carbocycles. The monoisotopic (exact) mass is 255 g/mol. The van der Waals surface area contributed by atoms with Crippen molar-refractivity contribution in [1.82, 2.24) is 25.5 Å². The summed E-state index contributed by atoms with van der Waals surface area (Å²) in [6.45, 7) is 1.76. The molecule has 2 N–H and O–H groups in total. The Morgan fingerprint density at radius 3 is 3.06 bits per heavy atom. The SMILES string of the molecule is CC1(C(=O)O)COCC1NC(=O)Cn1cnnn1. The maximum absolute atomic E-state index is 11.7. The number of hydrogen-bond donors (Lipinski definition) is 2. The van der Waals surface area contributed by atoms with Crippen LogP contribution >= 0.6 is 0 Å². The van der Waals surface area contributed by atoms with Crippen LogP contribution in [0.4, 0.5) is 0 Å². The van der Waals surface area contributed by atoms with E-state index < -0.39 is 17.4 Å². The van der Waals surface area contributed by atoms with Gasteiger partial charge in [0.2, 0.25) is 5.91 Å². The maximum atomic E-state index is 11.7. The van der Waals surface area contributed by atoms with Gasteiger partial charge in [0.25, 0.3) is 0 Å². The molecule has 2 unspecified atom stereocenters. The van der Waals surface area contributed by atoms with Crippen LogP contribution in [0.15, 0.2) is 6.33 Å². The van der Waals surface area contributed by atoms with Gasteiger partial charge in [-0.1, -0.05) is 0 Å². The van der Waals surface area contributed by atoms with Crippen LogP contribution in [0.2, 0.25) is 0 Å². The Kier molecular flexibility index (Phi) is 3.24. The van der Waals surface area contributed by atoms with Crippen molar-refractivity contribution in [3.63, 3.8) is 0 Å². The van der Waals surface area contributed by atoms with E-state index in [1.165, 1.54) is 11.0 Å². The minimum atomic E-state index is -1.10. The van der Waals surface area contributed by atoms with E-state index in [9.17, 15) is 9.59 Å². The fourth-order valence-corrected chi connectivity index (χ4v) is 1.72. The third-order valence-corrected chi connectivity index (χ3v) is 2.98. The number of carbonyl (C=O) groups is 2. The molecule has 1 saturated heterocycles. The first-order chi connectivity index (χ1) is 8.52. The lowest BCUT2D eigenvalue weighted by atomic mass is 9.85. The molecule has 1 aliphatic heterocycles. The summed E-state index contributed by atoms with van der Waals surface area (Å²) >= 11 is 0. The van der Waals surface area contributed by atoms with Crippen LogP contribution in [0.5, 0.6) is 0 Å². The van der Waals surface area contributed by atoms with Gasteiger partial charge in [0.1, 0.15) is 18.3 Å². The molecule has 0 aromatic carbocycles. The summed E-state index contributed by atoms with van der Waals surface area (Å²) in [5.74, 6) is -1.35. The summed E-state index contributed by atoms with van der Waals surface area (Å²) in [7, 11) is 0. The molecule has 0 radical (unpaired) electrons. The van der Waals surface area contributed by atoms with Crippen LogP contribution in [-0.4, -0.2) is 56.4 Å². The number of ether oxygens (including phenoxy) is 1. The van der Waals surface area contributed by atoms with Crippen LogP contribution in [0, 0.1) is 5.41 Å². The number of nitrogens with one attached hydrogen (secondary N) is 1. The van der Waals surface area contributed by atoms with Gasteiger partial charge in [-0.15, -0.1) is 5.10 Å². The van der Waals surface area contributed by atoms with Crippen molar-refractivity contribution in [2.24, 2.45) is 5.41 Å². The predicted octanol–water partition coefficient (Wildman–Crippen LogP) is -1.72. The quantitative estimate of drug-likeness (QED) is 0.656. The number of carboxylic acids is 1. The van der Waals surface area contributed by atoms with Crippen molar-refractivity contribution in [1.29, 1.82) is 0 Å². The van der Waals surface area contributed by atoms with E-state index in [1.54, 1.807) is 6.92 Å². The topological polar surface area (TPSA) is 119 Å². The van der Waals surface area contributed by atoms with Crippen molar-refractivity contribution < 1.29 is 19.4 Å². The zero-order valence-electron chi connectivity index (χ0n) is 9.74. The second kappa shape index (κ2) is 4.69. The van der Waals surface area contributed by atoms with Gasteiger partial charge in [0.15, 0.2) is 0 Å². The molecule has 98 valence electrons. The highest BCUT2D eigenvalue weighted by Gasteiger charge is 2.47. The summed E-state index contributed by atoms with van der Waals surface area (Å²) in [6, 6.07) is -0.556. The standard InChI is InChI=1S/C9H13N5O4/c1-9(8(16)17)4-18-3-6(9)11-7(15)2-14-5-10-12-13-14/h5-6H,2-4H2,1H3,(H,11,15)(H,16,17). The number of amides is 1. The molecule has 9 heteroatoms. The fraction of sp³-hybridized carbons (Fsp3) is 0.667. The number of carboxylic acid groups (broad SMARTS) is 1. The Morgan fingerprint density at radius 2 is 2.44 bits per heavy atom. The molecule has 9 nitrogen and oxygen atoms in total. The number of nitrogens with zero attached hydrogens (tertiary/aromatic N) is 4. The van der Waals surface area contributed by atoms with Crippen LogP contribution in [0.1, 0.15) is 6.92 Å². The molecule has 2 rings (SSSR count). The number of tetrazole rings is 1. The molecule has 0 spiro atoms. The fourth-order valence-electron chi connectivity index (χ4n) is 1.72. The second-order valence-electron chi connectivity index (χ2n) is 4.37. The van der Waals surface area contributed by atoms with E-state index in [2.05, 4.69) is 20.8 Å². The highest BCUT2D eigenvalue weighted by molar-refractivity contribution is 5.80. The van der Waals surface area contributed by atoms with Crippen LogP contribution in [-0.2, 0) is 20.9 Å². The molecule has 1 aromatic rings. The summed E-state index contributed by atoms with van der Waals surface area (Å²) < 4.78 is 6.38. The van der Waals surface area contributed by atoms with Gasteiger partial charge in [-0.2, -0.15) is 0 Å². The second-order valence-corrected chi connectivity index (χ2v) is 4.37. The van der Waals surface area contributed by atoms with E-state index in [0.717, 1.165) is 0 Å². The van der Waals surface area contributed by atoms with E-state index in [1.807, 2.05) is 0 Å². The van der Waals surface area contributed by atoms with Crippen molar-refractivity contribution in [2.75, 3.05) is 13.2 Å². The number of aliphatic carboxylic acids is 1. The highest BCUT2D eigenvalue weighted by atomic mass is 16.5. The lowest BCUT2D eigenvalue weighted by Gasteiger charge is -2.25. The molecule has 18 heavy (non-hydrogen) atoms. The van der Waals surface area contributed by atoms with Gasteiger partial charge in [-0.3, -0.25) is 9.59 Å². The van der Waals surface area contributed by atoms with Gasteiger partial charge in [0.05, 0.1) is 19.3 Å². The zero-order valence-corrected chi connectivity index (χ0v) is 9.74. The first-order valence-corrected chi connectivity index (χ1v) is 5.33. The number of rotatable bonds is 4. The summed E-state index contributed by atoms with van der Waals surface area (Å²) in [5.41, 5.74) is -1.10. The Labute approximate surface area is 102 Å². The van der Waals surface area contributed by atoms with Crippen molar-refractivity contribution in [2.45, 2.75) is 19.5 Å². The molecular weight excluding hydrogens is 242 g/mol. The molecule has 1 amide bonds. The number of aromatic nitrogens is 4. The smallest absolute Gasteiger partial charge is 0.313 e. The Morgan fingerprint density at radius 1 is 1.67 bits per heavy atom. The maximum Gasteiger partial charge on any atom is 0.313 e. The highest BCUT2D eigenvalue weighted by Crippen LogP contribution is 2.28. The molecule has 0 bridgehead atoms. The Balaban J connectivity index is 1.96. The van der Waals surface area contributed by atoms with Crippen molar-refractivity contribution in [3.8, 4) is 0 Å². The van der Waals surface area contributed by atoms with Crippen LogP contribution < -0.4 is 5.32 Å². The number of hydrogen-bond acceptors (Lipinski definition) is 6. The molecule has 1 aromatic heterocycles. The van der Waals surface area contributed by atoms with Crippen molar-refractivity contribution >= 4 is 11.9 Å². The molecule has 1 aliphatic rings. The predicted molar refractivity (Wildman–Crippen MR) is 56.3 cm³/mol. The Bertz CT molecular complexity index is 448. The lowest BCUT2D eigenvalue weighted by molar-refractivity contribution is -0.149. The van der Waals surface area contributed by atoms with Gasteiger partial charge >= 0.3 is 5.97 Å². The largest absolute Gasteiger partial charge is 0.481 e. The molecule has 0 aliphatic carbocycles.